The molecule has 2 aromatic rings. The van der Waals surface area contributed by atoms with Crippen molar-refractivity contribution in [2.45, 2.75) is 33.0 Å². The lowest BCUT2D eigenvalue weighted by molar-refractivity contribution is -0.142. The van der Waals surface area contributed by atoms with Gasteiger partial charge in [0.2, 0.25) is 23.5 Å². The van der Waals surface area contributed by atoms with Gasteiger partial charge in [-0.2, -0.15) is 18.2 Å². The highest BCUT2D eigenvalue weighted by Gasteiger charge is 2.45. The molecule has 0 bridgehead atoms. The number of hydrogen-bond acceptors (Lipinski definition) is 5. The Morgan fingerprint density at radius 1 is 1.27 bits per heavy atom. The van der Waals surface area contributed by atoms with E-state index in [0.717, 1.165) is 11.0 Å². The summed E-state index contributed by atoms with van der Waals surface area (Å²) < 4.78 is 56.6. The predicted octanol–water partition coefficient (Wildman–Crippen LogP) is 3.18. The molecule has 0 N–H and O–H groups in total. The number of carbonyl (C=O) groups is 2. The van der Waals surface area contributed by atoms with Crippen LogP contribution in [0.15, 0.2) is 22.7 Å². The van der Waals surface area contributed by atoms with Crippen LogP contribution in [0.1, 0.15) is 31.7 Å². The first-order valence-corrected chi connectivity index (χ1v) is 7.53. The van der Waals surface area contributed by atoms with Crippen molar-refractivity contribution in [3.63, 3.8) is 0 Å². The van der Waals surface area contributed by atoms with Crippen molar-refractivity contribution in [1.29, 1.82) is 0 Å². The van der Waals surface area contributed by atoms with Gasteiger partial charge in [0.25, 0.3) is 0 Å². The van der Waals surface area contributed by atoms with E-state index >= 15 is 0 Å². The van der Waals surface area contributed by atoms with Crippen molar-refractivity contribution >= 4 is 11.8 Å². The number of aromatic nitrogens is 2. The molecule has 0 spiro atoms. The molecule has 0 unspecified atom stereocenters. The highest BCUT2D eigenvalue weighted by molar-refractivity contribution is 6.05. The van der Waals surface area contributed by atoms with E-state index in [1.54, 1.807) is 13.8 Å². The van der Waals surface area contributed by atoms with E-state index in [4.69, 9.17) is 4.52 Å². The third-order valence-electron chi connectivity index (χ3n) is 4.01. The second kappa shape index (κ2) is 5.89. The fraction of sp³-hybridized carbons (Fsp3) is 0.375. The summed E-state index contributed by atoms with van der Waals surface area (Å²) in [7, 11) is 0. The Balaban J connectivity index is 1.85. The molecule has 1 aliphatic heterocycles. The van der Waals surface area contributed by atoms with Crippen LogP contribution in [0, 0.1) is 11.2 Å². The number of amides is 2. The lowest BCUT2D eigenvalue weighted by Gasteiger charge is -2.15. The molecule has 1 fully saturated rings. The summed E-state index contributed by atoms with van der Waals surface area (Å²) in [6.07, 6.45) is -4.83. The highest BCUT2D eigenvalue weighted by atomic mass is 19.4. The zero-order valence-corrected chi connectivity index (χ0v) is 13.7. The number of halogens is 4. The monoisotopic (exact) mass is 371 g/mol. The highest BCUT2D eigenvalue weighted by Crippen LogP contribution is 2.34. The van der Waals surface area contributed by atoms with E-state index in [0.29, 0.717) is 12.1 Å². The minimum Gasteiger partial charge on any atom is -0.337 e. The lowest BCUT2D eigenvalue weighted by Crippen LogP contribution is -2.32. The summed E-state index contributed by atoms with van der Waals surface area (Å²) >= 11 is 0. The maximum atomic E-state index is 13.4. The molecule has 2 amide bonds. The van der Waals surface area contributed by atoms with Crippen LogP contribution in [0.4, 0.5) is 17.6 Å². The molecule has 1 aromatic heterocycles. The number of likely N-dealkylation sites (tertiary alicyclic amines) is 1. The molecule has 1 saturated heterocycles. The molecule has 138 valence electrons. The summed E-state index contributed by atoms with van der Waals surface area (Å²) in [5, 5.41) is 3.54. The van der Waals surface area contributed by atoms with Crippen molar-refractivity contribution in [2.24, 2.45) is 5.41 Å². The lowest BCUT2D eigenvalue weighted by atomic mass is 9.92. The van der Waals surface area contributed by atoms with E-state index in [1.807, 2.05) is 0 Å². The Hall–Kier alpha value is -2.78. The van der Waals surface area contributed by atoms with Crippen molar-refractivity contribution in [2.75, 3.05) is 0 Å². The normalized spacial score (nSPS) is 17.2. The molecule has 0 atom stereocenters. The Labute approximate surface area is 144 Å². The molecular formula is C16H13F4N3O3. The number of hydrogen-bond donors (Lipinski definition) is 0. The minimum atomic E-state index is -4.87. The Morgan fingerprint density at radius 2 is 1.96 bits per heavy atom. The molecule has 1 aromatic carbocycles. The summed E-state index contributed by atoms with van der Waals surface area (Å²) in [4.78, 5) is 28.9. The molecule has 1 aliphatic rings. The van der Waals surface area contributed by atoms with Gasteiger partial charge in [0.05, 0.1) is 11.0 Å². The van der Waals surface area contributed by atoms with Gasteiger partial charge in [-0.25, -0.2) is 4.39 Å². The van der Waals surface area contributed by atoms with E-state index in [1.165, 1.54) is 0 Å². The number of alkyl halides is 3. The maximum Gasteiger partial charge on any atom is 0.419 e. The summed E-state index contributed by atoms with van der Waals surface area (Å²) in [6.45, 7) is 2.98. The summed E-state index contributed by atoms with van der Waals surface area (Å²) in [6, 6.07) is 2.30. The van der Waals surface area contributed by atoms with Crippen molar-refractivity contribution < 1.29 is 31.7 Å². The van der Waals surface area contributed by atoms with E-state index in [9.17, 15) is 27.2 Å². The molecule has 10 heteroatoms. The third kappa shape index (κ3) is 3.18. The standard InChI is InChI=1S/C16H13F4N3O3/c1-15(2)6-12(24)23(14(15)25)7-11-21-13(22-26-11)8-3-4-10(17)9(5-8)16(18,19)20/h3-5H,6-7H2,1-2H3. The number of nitrogens with zero attached hydrogens (tertiary/aromatic N) is 3. The van der Waals surface area contributed by atoms with Gasteiger partial charge in [-0.05, 0) is 18.2 Å². The second-order valence-electron chi connectivity index (χ2n) is 6.55. The van der Waals surface area contributed by atoms with Gasteiger partial charge in [-0.1, -0.05) is 19.0 Å². The summed E-state index contributed by atoms with van der Waals surface area (Å²) in [5.74, 6) is -2.54. The molecule has 0 saturated carbocycles. The number of rotatable bonds is 3. The number of imide groups is 1. The molecule has 2 heterocycles. The van der Waals surface area contributed by atoms with E-state index in [2.05, 4.69) is 10.1 Å². The van der Waals surface area contributed by atoms with Gasteiger partial charge >= 0.3 is 6.18 Å². The van der Waals surface area contributed by atoms with Gasteiger partial charge in [0.1, 0.15) is 12.4 Å². The fourth-order valence-electron chi connectivity index (χ4n) is 2.64. The van der Waals surface area contributed by atoms with Crippen LogP contribution in [0.3, 0.4) is 0 Å². The second-order valence-corrected chi connectivity index (χ2v) is 6.55. The van der Waals surface area contributed by atoms with E-state index < -0.39 is 34.8 Å². The van der Waals surface area contributed by atoms with Crippen LogP contribution >= 0.6 is 0 Å². The van der Waals surface area contributed by atoms with Crippen molar-refractivity contribution in [1.82, 2.24) is 15.0 Å². The first-order valence-electron chi connectivity index (χ1n) is 7.53. The Bertz CT molecular complexity index is 889. The van der Waals surface area contributed by atoms with Crippen molar-refractivity contribution in [3.8, 4) is 11.4 Å². The van der Waals surface area contributed by atoms with Crippen LogP contribution in [-0.4, -0.2) is 26.9 Å². The average molecular weight is 371 g/mol. The quantitative estimate of drug-likeness (QED) is 0.612. The van der Waals surface area contributed by atoms with E-state index in [-0.39, 0.29) is 30.2 Å². The van der Waals surface area contributed by atoms with Crippen molar-refractivity contribution in [3.05, 3.63) is 35.5 Å². The zero-order valence-electron chi connectivity index (χ0n) is 13.7. The zero-order chi connectivity index (χ0) is 19.3. The van der Waals surface area contributed by atoms with Crippen LogP contribution in [-0.2, 0) is 22.3 Å². The molecule has 3 rings (SSSR count). The number of benzene rings is 1. The van der Waals surface area contributed by atoms with Gasteiger partial charge in [-0.15, -0.1) is 0 Å². The first kappa shape index (κ1) is 18.0. The van der Waals surface area contributed by atoms with Crippen LogP contribution in [0.5, 0.6) is 0 Å². The Kier molecular flexibility index (Phi) is 4.08. The average Bonchev–Trinajstić information content (AvgIpc) is 3.05. The molecule has 0 aliphatic carbocycles. The molecular weight excluding hydrogens is 358 g/mol. The topological polar surface area (TPSA) is 76.3 Å². The van der Waals surface area contributed by atoms with Gasteiger partial charge in [0.15, 0.2) is 0 Å². The minimum absolute atomic E-state index is 0.0414. The van der Waals surface area contributed by atoms with Gasteiger partial charge < -0.3 is 4.52 Å². The smallest absolute Gasteiger partial charge is 0.337 e. The van der Waals surface area contributed by atoms with Gasteiger partial charge in [0, 0.05) is 12.0 Å². The third-order valence-corrected chi connectivity index (χ3v) is 4.01. The largest absolute Gasteiger partial charge is 0.419 e. The molecule has 6 nitrogen and oxygen atoms in total. The SMILES string of the molecule is CC1(C)CC(=O)N(Cc2nc(-c3ccc(F)c(C(F)(F)F)c3)no2)C1=O. The summed E-state index contributed by atoms with van der Waals surface area (Å²) in [5.41, 5.74) is -2.39. The molecule has 0 radical (unpaired) electrons. The fourth-order valence-corrected chi connectivity index (χ4v) is 2.64. The maximum absolute atomic E-state index is 13.4. The molecule has 26 heavy (non-hydrogen) atoms. The van der Waals surface area contributed by atoms with Crippen LogP contribution < -0.4 is 0 Å². The predicted molar refractivity (Wildman–Crippen MR) is 78.6 cm³/mol. The Morgan fingerprint density at radius 3 is 2.54 bits per heavy atom. The first-order chi connectivity index (χ1) is 12.0. The number of carbonyl (C=O) groups excluding carboxylic acids is 2. The van der Waals surface area contributed by atoms with Crippen LogP contribution in [0.25, 0.3) is 11.4 Å². The van der Waals surface area contributed by atoms with Crippen LogP contribution in [0.2, 0.25) is 0 Å². The van der Waals surface area contributed by atoms with Gasteiger partial charge in [-0.3, -0.25) is 14.5 Å².